The van der Waals surface area contributed by atoms with E-state index < -0.39 is 0 Å². The number of carbonyl (C=O) groups excluding carboxylic acids is 1. The van der Waals surface area contributed by atoms with Gasteiger partial charge in [0, 0.05) is 6.08 Å². The van der Waals surface area contributed by atoms with Crippen molar-refractivity contribution in [3.63, 3.8) is 0 Å². The lowest BCUT2D eigenvalue weighted by molar-refractivity contribution is -0.189. The summed E-state index contributed by atoms with van der Waals surface area (Å²) in [4.78, 5) is 13.2. The molecule has 0 N–H and O–H groups in total. The summed E-state index contributed by atoms with van der Waals surface area (Å²) in [5, 5.41) is 0. The van der Waals surface area contributed by atoms with Crippen LogP contribution in [0.15, 0.2) is 12.7 Å². The van der Waals surface area contributed by atoms with E-state index in [1.54, 1.807) is 0 Å². The molecule has 0 aromatic rings. The van der Waals surface area contributed by atoms with Crippen molar-refractivity contribution in [2.75, 3.05) is 0 Å². The number of hydrogen-bond acceptors (Lipinski definition) is 2. The minimum atomic E-state index is -0.275. The smallest absolute Gasteiger partial charge is 0.330 e. The molecule has 2 heteroatoms. The van der Waals surface area contributed by atoms with Gasteiger partial charge in [0.2, 0.25) is 0 Å². The first-order valence-corrected chi connectivity index (χ1v) is 16.6. The summed E-state index contributed by atoms with van der Waals surface area (Å²) in [6.07, 6.45) is 37.7. The standard InChI is InChI=1S/C34H60O2/c1-2-33(35)36-34(30-24-18-12-6-3-7-13-19-25-30,31-26-20-14-8-4-9-15-21-27-31)32-28-22-16-10-5-11-17-23-29-32/h2,30-32H,1,3-29H2. The highest BCUT2D eigenvalue weighted by molar-refractivity contribution is 5.81. The molecule has 0 atom stereocenters. The minimum Gasteiger partial charge on any atom is -0.455 e. The van der Waals surface area contributed by atoms with Gasteiger partial charge in [-0.3, -0.25) is 0 Å². The van der Waals surface area contributed by atoms with Gasteiger partial charge in [0.05, 0.1) is 0 Å². The Balaban J connectivity index is 2.01. The normalized spacial score (nSPS) is 24.9. The second-order valence-electron chi connectivity index (χ2n) is 12.7. The fourth-order valence-electron chi connectivity index (χ4n) is 8.25. The van der Waals surface area contributed by atoms with Crippen molar-refractivity contribution in [2.45, 2.75) is 179 Å². The molecule has 2 nitrogen and oxygen atoms in total. The zero-order valence-corrected chi connectivity index (χ0v) is 23.9. The van der Waals surface area contributed by atoms with Gasteiger partial charge in [-0.05, 0) is 56.3 Å². The highest BCUT2D eigenvalue weighted by atomic mass is 16.6. The predicted octanol–water partition coefficient (Wildman–Crippen LogP) is 10.9. The van der Waals surface area contributed by atoms with Gasteiger partial charge in [0.1, 0.15) is 5.60 Å². The van der Waals surface area contributed by atoms with E-state index in [4.69, 9.17) is 4.74 Å². The van der Waals surface area contributed by atoms with Crippen LogP contribution in [-0.2, 0) is 9.53 Å². The highest BCUT2D eigenvalue weighted by Gasteiger charge is 2.52. The van der Waals surface area contributed by atoms with Gasteiger partial charge < -0.3 is 4.74 Å². The van der Waals surface area contributed by atoms with E-state index in [0.717, 1.165) is 0 Å². The van der Waals surface area contributed by atoms with Gasteiger partial charge in [-0.15, -0.1) is 0 Å². The summed E-state index contributed by atoms with van der Waals surface area (Å²) >= 11 is 0. The Kier molecular flexibility index (Phi) is 14.6. The summed E-state index contributed by atoms with van der Waals surface area (Å²) in [5.41, 5.74) is -0.275. The summed E-state index contributed by atoms with van der Waals surface area (Å²) in [5.74, 6) is 1.45. The van der Waals surface area contributed by atoms with Crippen LogP contribution in [0.5, 0.6) is 0 Å². The molecule has 0 aromatic heterocycles. The lowest BCUT2D eigenvalue weighted by Gasteiger charge is -2.51. The van der Waals surface area contributed by atoms with Crippen LogP contribution in [0.2, 0.25) is 0 Å². The zero-order chi connectivity index (χ0) is 25.3. The second-order valence-corrected chi connectivity index (χ2v) is 12.7. The maximum atomic E-state index is 13.2. The molecular weight excluding hydrogens is 440 g/mol. The average Bonchev–Trinajstić information content (AvgIpc) is 2.92. The Hall–Kier alpha value is -0.790. The van der Waals surface area contributed by atoms with E-state index in [1.165, 1.54) is 179 Å². The predicted molar refractivity (Wildman–Crippen MR) is 154 cm³/mol. The second kappa shape index (κ2) is 17.7. The van der Waals surface area contributed by atoms with E-state index in [1.807, 2.05) is 0 Å². The SMILES string of the molecule is C=CC(=O)OC(C1CCCCCCCCC1)(C1CCCCCCCCC1)C1CCCCCCCCC1. The van der Waals surface area contributed by atoms with Gasteiger partial charge in [-0.2, -0.15) is 0 Å². The third-order valence-electron chi connectivity index (χ3n) is 10.2. The molecule has 3 fully saturated rings. The van der Waals surface area contributed by atoms with Crippen molar-refractivity contribution < 1.29 is 9.53 Å². The largest absolute Gasteiger partial charge is 0.455 e. The maximum Gasteiger partial charge on any atom is 0.330 e. The van der Waals surface area contributed by atoms with E-state index in [-0.39, 0.29) is 11.6 Å². The molecule has 3 rings (SSSR count). The van der Waals surface area contributed by atoms with Crippen LogP contribution in [0, 0.1) is 17.8 Å². The van der Waals surface area contributed by atoms with Crippen LogP contribution in [0.25, 0.3) is 0 Å². The Bertz CT molecular complexity index is 501. The van der Waals surface area contributed by atoms with Crippen LogP contribution in [0.1, 0.15) is 173 Å². The monoisotopic (exact) mass is 500 g/mol. The van der Waals surface area contributed by atoms with E-state index in [0.29, 0.717) is 17.8 Å². The van der Waals surface area contributed by atoms with E-state index in [9.17, 15) is 4.79 Å². The zero-order valence-electron chi connectivity index (χ0n) is 23.9. The van der Waals surface area contributed by atoms with Gasteiger partial charge in [-0.1, -0.05) is 141 Å². The Labute approximate surface area is 224 Å². The van der Waals surface area contributed by atoms with Crippen LogP contribution in [0.4, 0.5) is 0 Å². The van der Waals surface area contributed by atoms with Crippen LogP contribution in [0.3, 0.4) is 0 Å². The topological polar surface area (TPSA) is 26.3 Å². The van der Waals surface area contributed by atoms with Crippen molar-refractivity contribution in [1.82, 2.24) is 0 Å². The first-order valence-electron chi connectivity index (χ1n) is 16.6. The van der Waals surface area contributed by atoms with Crippen molar-refractivity contribution in [3.8, 4) is 0 Å². The molecule has 36 heavy (non-hydrogen) atoms. The van der Waals surface area contributed by atoms with Gasteiger partial charge in [0.25, 0.3) is 0 Å². The van der Waals surface area contributed by atoms with E-state index >= 15 is 0 Å². The molecule has 3 aliphatic rings. The van der Waals surface area contributed by atoms with Gasteiger partial charge in [-0.25, -0.2) is 4.79 Å². The number of esters is 1. The maximum absolute atomic E-state index is 13.2. The summed E-state index contributed by atoms with van der Waals surface area (Å²) in [6, 6.07) is 0. The fraction of sp³-hybridized carbons (Fsp3) is 0.912. The van der Waals surface area contributed by atoms with E-state index in [2.05, 4.69) is 6.58 Å². The molecule has 0 unspecified atom stereocenters. The number of rotatable bonds is 5. The molecular formula is C34H60O2. The molecule has 3 saturated carbocycles. The molecule has 0 aliphatic heterocycles. The number of ether oxygens (including phenoxy) is 1. The number of hydrogen-bond donors (Lipinski definition) is 0. The van der Waals surface area contributed by atoms with Crippen LogP contribution >= 0.6 is 0 Å². The van der Waals surface area contributed by atoms with Gasteiger partial charge in [0.15, 0.2) is 0 Å². The van der Waals surface area contributed by atoms with Crippen molar-refractivity contribution in [2.24, 2.45) is 17.8 Å². The quantitative estimate of drug-likeness (QED) is 0.277. The molecule has 0 amide bonds. The third-order valence-corrected chi connectivity index (χ3v) is 10.2. The van der Waals surface area contributed by atoms with Crippen molar-refractivity contribution in [3.05, 3.63) is 12.7 Å². The van der Waals surface area contributed by atoms with Crippen molar-refractivity contribution in [1.29, 1.82) is 0 Å². The lowest BCUT2D eigenvalue weighted by Crippen LogP contribution is -2.55. The average molecular weight is 501 g/mol. The number of carbonyl (C=O) groups is 1. The summed E-state index contributed by atoms with van der Waals surface area (Å²) < 4.78 is 6.95. The Morgan fingerprint density at radius 1 is 0.472 bits per heavy atom. The molecule has 0 bridgehead atoms. The summed E-state index contributed by atoms with van der Waals surface area (Å²) in [6.45, 7) is 3.89. The molecule has 0 heterocycles. The molecule has 0 aromatic carbocycles. The molecule has 208 valence electrons. The Morgan fingerprint density at radius 2 is 0.694 bits per heavy atom. The molecule has 0 spiro atoms. The summed E-state index contributed by atoms with van der Waals surface area (Å²) in [7, 11) is 0. The first-order chi connectivity index (χ1) is 17.8. The van der Waals surface area contributed by atoms with Gasteiger partial charge >= 0.3 is 5.97 Å². The van der Waals surface area contributed by atoms with Crippen LogP contribution < -0.4 is 0 Å². The Morgan fingerprint density at radius 3 is 0.917 bits per heavy atom. The van der Waals surface area contributed by atoms with Crippen molar-refractivity contribution >= 4 is 5.97 Å². The minimum absolute atomic E-state index is 0.138. The third kappa shape index (κ3) is 9.50. The fourth-order valence-corrected chi connectivity index (χ4v) is 8.25. The molecule has 0 saturated heterocycles. The lowest BCUT2D eigenvalue weighted by atomic mass is 9.60. The molecule has 3 aliphatic carbocycles. The van der Waals surface area contributed by atoms with Crippen LogP contribution in [-0.4, -0.2) is 11.6 Å². The first kappa shape index (κ1) is 29.8. The highest BCUT2D eigenvalue weighted by Crippen LogP contribution is 2.50. The molecule has 0 radical (unpaired) electrons.